The summed E-state index contributed by atoms with van der Waals surface area (Å²) in [5.41, 5.74) is 5.11. The van der Waals surface area contributed by atoms with Gasteiger partial charge in [0.05, 0.1) is 7.11 Å². The topological polar surface area (TPSA) is 33.3 Å². The van der Waals surface area contributed by atoms with E-state index < -0.39 is 0 Å². The Morgan fingerprint density at radius 3 is 2.33 bits per heavy atom. The summed E-state index contributed by atoms with van der Waals surface area (Å²) in [4.78, 5) is 0. The number of benzene rings is 1. The predicted octanol–water partition coefficient (Wildman–Crippen LogP) is 2.49. The number of hydrogen-bond acceptors (Lipinski definition) is 3. The molecule has 0 aliphatic carbocycles. The first-order valence-electron chi connectivity index (χ1n) is 6.53. The lowest BCUT2D eigenvalue weighted by atomic mass is 9.92. The van der Waals surface area contributed by atoms with Gasteiger partial charge in [0.25, 0.3) is 0 Å². The second-order valence-electron chi connectivity index (χ2n) is 4.82. The summed E-state index contributed by atoms with van der Waals surface area (Å²) in [5, 5.41) is 6.60. The number of rotatable bonds is 6. The molecule has 0 aliphatic heterocycles. The van der Waals surface area contributed by atoms with Crippen LogP contribution in [-0.4, -0.2) is 27.7 Å². The maximum Gasteiger partial charge on any atom is 0.127 e. The summed E-state index contributed by atoms with van der Waals surface area (Å²) in [5.74, 6) is 1.03. The van der Waals surface area contributed by atoms with E-state index in [0.717, 1.165) is 18.7 Å². The third-order valence-corrected chi connectivity index (χ3v) is 3.62. The van der Waals surface area contributed by atoms with Gasteiger partial charge in [-0.2, -0.15) is 0 Å². The first-order chi connectivity index (χ1) is 8.56. The van der Waals surface area contributed by atoms with Crippen LogP contribution < -0.4 is 15.4 Å². The van der Waals surface area contributed by atoms with E-state index in [1.807, 2.05) is 14.1 Å². The van der Waals surface area contributed by atoms with Crippen LogP contribution in [0.1, 0.15) is 34.7 Å². The lowest BCUT2D eigenvalue weighted by Gasteiger charge is -2.24. The Kier molecular flexibility index (Phi) is 5.63. The Bertz CT molecular complexity index is 402. The summed E-state index contributed by atoms with van der Waals surface area (Å²) < 4.78 is 5.64. The molecule has 1 aromatic carbocycles. The fourth-order valence-electron chi connectivity index (χ4n) is 2.49. The Morgan fingerprint density at radius 2 is 1.83 bits per heavy atom. The van der Waals surface area contributed by atoms with E-state index >= 15 is 0 Å². The SMILES string of the molecule is CNCCC(NC)c1c(C)cc(C)c(C)c1OC. The van der Waals surface area contributed by atoms with E-state index in [9.17, 15) is 0 Å². The molecule has 0 spiro atoms. The molecule has 0 bridgehead atoms. The predicted molar refractivity (Wildman–Crippen MR) is 77.5 cm³/mol. The van der Waals surface area contributed by atoms with E-state index in [0.29, 0.717) is 6.04 Å². The number of ether oxygens (including phenoxy) is 1. The lowest BCUT2D eigenvalue weighted by Crippen LogP contribution is -2.23. The monoisotopic (exact) mass is 250 g/mol. The Morgan fingerprint density at radius 1 is 1.17 bits per heavy atom. The van der Waals surface area contributed by atoms with Gasteiger partial charge in [-0.3, -0.25) is 0 Å². The van der Waals surface area contributed by atoms with Crippen molar-refractivity contribution < 1.29 is 4.74 Å². The molecule has 18 heavy (non-hydrogen) atoms. The molecule has 1 aromatic rings. The largest absolute Gasteiger partial charge is 0.496 e. The van der Waals surface area contributed by atoms with Crippen LogP contribution in [-0.2, 0) is 0 Å². The van der Waals surface area contributed by atoms with Crippen molar-refractivity contribution >= 4 is 0 Å². The van der Waals surface area contributed by atoms with Gasteiger partial charge in [-0.05, 0) is 64.5 Å². The van der Waals surface area contributed by atoms with Crippen molar-refractivity contribution in [1.82, 2.24) is 10.6 Å². The molecule has 3 nitrogen and oxygen atoms in total. The third kappa shape index (κ3) is 3.03. The molecule has 0 aliphatic rings. The van der Waals surface area contributed by atoms with Crippen LogP contribution in [0.15, 0.2) is 6.07 Å². The Hall–Kier alpha value is -1.06. The van der Waals surface area contributed by atoms with Crippen LogP contribution in [0.3, 0.4) is 0 Å². The van der Waals surface area contributed by atoms with Crippen molar-refractivity contribution in [3.8, 4) is 5.75 Å². The molecule has 0 heterocycles. The van der Waals surface area contributed by atoms with Crippen molar-refractivity contribution in [1.29, 1.82) is 0 Å². The first kappa shape index (κ1) is 15.0. The molecule has 102 valence electrons. The number of aryl methyl sites for hydroxylation is 2. The molecule has 0 saturated heterocycles. The molecular formula is C15H26N2O. The average Bonchev–Trinajstić information content (AvgIpc) is 2.36. The summed E-state index contributed by atoms with van der Waals surface area (Å²) in [7, 11) is 5.75. The van der Waals surface area contributed by atoms with Crippen molar-refractivity contribution in [2.75, 3.05) is 27.7 Å². The number of nitrogens with one attached hydrogen (secondary N) is 2. The highest BCUT2D eigenvalue weighted by atomic mass is 16.5. The standard InChI is InChI=1S/C15H26N2O/c1-10-9-11(2)14(15(18-6)12(10)3)13(17-5)7-8-16-4/h9,13,16-17H,7-8H2,1-6H3. The molecule has 1 atom stereocenters. The minimum atomic E-state index is 0.326. The van der Waals surface area contributed by atoms with E-state index in [1.54, 1.807) is 7.11 Å². The van der Waals surface area contributed by atoms with Crippen LogP contribution in [0.2, 0.25) is 0 Å². The van der Waals surface area contributed by atoms with Gasteiger partial charge in [0, 0.05) is 11.6 Å². The quantitative estimate of drug-likeness (QED) is 0.814. The molecule has 1 rings (SSSR count). The fourth-order valence-corrected chi connectivity index (χ4v) is 2.49. The van der Waals surface area contributed by atoms with Crippen LogP contribution in [0.4, 0.5) is 0 Å². The van der Waals surface area contributed by atoms with Crippen molar-refractivity contribution in [2.45, 2.75) is 33.2 Å². The highest BCUT2D eigenvalue weighted by molar-refractivity contribution is 5.51. The highest BCUT2D eigenvalue weighted by Gasteiger charge is 2.19. The summed E-state index contributed by atoms with van der Waals surface area (Å²) in [6.07, 6.45) is 1.05. The van der Waals surface area contributed by atoms with Crippen molar-refractivity contribution in [3.63, 3.8) is 0 Å². The highest BCUT2D eigenvalue weighted by Crippen LogP contribution is 2.35. The normalized spacial score (nSPS) is 12.6. The van der Waals surface area contributed by atoms with Gasteiger partial charge >= 0.3 is 0 Å². The minimum Gasteiger partial charge on any atom is -0.496 e. The first-order valence-corrected chi connectivity index (χ1v) is 6.53. The molecule has 0 amide bonds. The molecule has 1 unspecified atom stereocenters. The van der Waals surface area contributed by atoms with Gasteiger partial charge in [-0.25, -0.2) is 0 Å². The summed E-state index contributed by atoms with van der Waals surface area (Å²) >= 11 is 0. The van der Waals surface area contributed by atoms with Gasteiger partial charge in [0.1, 0.15) is 5.75 Å². The van der Waals surface area contributed by atoms with Crippen LogP contribution >= 0.6 is 0 Å². The summed E-state index contributed by atoms with van der Waals surface area (Å²) in [6, 6.07) is 2.57. The van der Waals surface area contributed by atoms with E-state index in [4.69, 9.17) is 4.74 Å². The van der Waals surface area contributed by atoms with E-state index in [1.165, 1.54) is 22.3 Å². The third-order valence-electron chi connectivity index (χ3n) is 3.62. The molecule has 3 heteroatoms. The average molecular weight is 250 g/mol. The van der Waals surface area contributed by atoms with Gasteiger partial charge in [-0.15, -0.1) is 0 Å². The smallest absolute Gasteiger partial charge is 0.127 e. The van der Waals surface area contributed by atoms with E-state index in [-0.39, 0.29) is 0 Å². The van der Waals surface area contributed by atoms with Crippen molar-refractivity contribution in [3.05, 3.63) is 28.3 Å². The van der Waals surface area contributed by atoms with Crippen LogP contribution in [0.25, 0.3) is 0 Å². The van der Waals surface area contributed by atoms with Crippen LogP contribution in [0, 0.1) is 20.8 Å². The Labute approximate surface area is 111 Å². The summed E-state index contributed by atoms with van der Waals surface area (Å²) in [6.45, 7) is 7.41. The molecule has 2 N–H and O–H groups in total. The molecule has 0 aromatic heterocycles. The van der Waals surface area contributed by atoms with Crippen LogP contribution in [0.5, 0.6) is 5.75 Å². The maximum absolute atomic E-state index is 5.64. The molecule has 0 fully saturated rings. The molecular weight excluding hydrogens is 224 g/mol. The Balaban J connectivity index is 3.23. The zero-order valence-corrected chi connectivity index (χ0v) is 12.5. The number of hydrogen-bond donors (Lipinski definition) is 2. The van der Waals surface area contributed by atoms with Gasteiger partial charge < -0.3 is 15.4 Å². The zero-order valence-electron chi connectivity index (χ0n) is 12.5. The molecule has 0 radical (unpaired) electrons. The fraction of sp³-hybridized carbons (Fsp3) is 0.600. The van der Waals surface area contributed by atoms with Gasteiger partial charge in [0.2, 0.25) is 0 Å². The maximum atomic E-state index is 5.64. The second-order valence-corrected chi connectivity index (χ2v) is 4.82. The molecule has 0 saturated carbocycles. The zero-order chi connectivity index (χ0) is 13.7. The minimum absolute atomic E-state index is 0.326. The van der Waals surface area contributed by atoms with Gasteiger partial charge in [-0.1, -0.05) is 6.07 Å². The van der Waals surface area contributed by atoms with Gasteiger partial charge in [0.15, 0.2) is 0 Å². The number of methoxy groups -OCH3 is 1. The lowest BCUT2D eigenvalue weighted by molar-refractivity contribution is 0.394. The van der Waals surface area contributed by atoms with Crippen molar-refractivity contribution in [2.24, 2.45) is 0 Å². The second kappa shape index (κ2) is 6.76. The van der Waals surface area contributed by atoms with E-state index in [2.05, 4.69) is 37.5 Å².